The highest BCUT2D eigenvalue weighted by Gasteiger charge is 2.12. The predicted octanol–water partition coefficient (Wildman–Crippen LogP) is 4.14. The maximum atomic E-state index is 13.4. The van der Waals surface area contributed by atoms with E-state index in [9.17, 15) is 9.18 Å². The monoisotopic (exact) mass is 448 g/mol. The van der Waals surface area contributed by atoms with Crippen LogP contribution in [0.3, 0.4) is 0 Å². The second-order valence-corrected chi connectivity index (χ2v) is 7.67. The van der Waals surface area contributed by atoms with Crippen LogP contribution in [-0.4, -0.2) is 26.4 Å². The molecule has 0 radical (unpaired) electrons. The lowest BCUT2D eigenvalue weighted by atomic mass is 10.1. The molecule has 3 aromatic rings. The number of carbonyl (C=O) groups is 1. The molecule has 8 heteroatoms. The molecule has 0 aliphatic heterocycles. The third-order valence-electron chi connectivity index (χ3n) is 3.89. The van der Waals surface area contributed by atoms with Gasteiger partial charge in [-0.15, -0.1) is 10.2 Å². The lowest BCUT2D eigenvalue weighted by Crippen LogP contribution is -2.24. The van der Waals surface area contributed by atoms with Crippen LogP contribution in [0.4, 0.5) is 4.39 Å². The lowest BCUT2D eigenvalue weighted by molar-refractivity contribution is -0.118. The molecule has 27 heavy (non-hydrogen) atoms. The second kappa shape index (κ2) is 9.14. The minimum atomic E-state index is -0.342. The van der Waals surface area contributed by atoms with E-state index in [1.54, 1.807) is 12.4 Å². The Kier molecular flexibility index (Phi) is 6.63. The maximum absolute atomic E-state index is 13.4. The number of carbonyl (C=O) groups excluding carboxylic acids is 1. The number of nitrogens with one attached hydrogen (secondary N) is 1. The fourth-order valence-electron chi connectivity index (χ4n) is 2.63. The summed E-state index contributed by atoms with van der Waals surface area (Å²) in [5.74, 6) is -0.298. The first-order valence-electron chi connectivity index (χ1n) is 8.39. The van der Waals surface area contributed by atoms with Crippen molar-refractivity contribution in [2.24, 2.45) is 0 Å². The van der Waals surface area contributed by atoms with Crippen LogP contribution in [0.25, 0.3) is 5.69 Å². The van der Waals surface area contributed by atoms with Crippen molar-refractivity contribution in [2.75, 3.05) is 5.75 Å². The van der Waals surface area contributed by atoms with Gasteiger partial charge in [-0.05, 0) is 41.8 Å². The Morgan fingerprint density at radius 3 is 2.89 bits per heavy atom. The number of halogens is 2. The molecule has 0 aliphatic carbocycles. The lowest BCUT2D eigenvalue weighted by Gasteiger charge is -2.10. The number of hydrogen-bond donors (Lipinski definition) is 1. The van der Waals surface area contributed by atoms with Crippen molar-refractivity contribution in [3.05, 3.63) is 70.2 Å². The molecule has 0 saturated carbocycles. The molecule has 1 amide bonds. The van der Waals surface area contributed by atoms with Gasteiger partial charge in [0.1, 0.15) is 12.1 Å². The summed E-state index contributed by atoms with van der Waals surface area (Å²) in [5.41, 5.74) is 2.89. The third-order valence-corrected chi connectivity index (χ3v) is 5.29. The quantitative estimate of drug-likeness (QED) is 0.551. The van der Waals surface area contributed by atoms with E-state index in [-0.39, 0.29) is 24.0 Å². The van der Waals surface area contributed by atoms with Gasteiger partial charge in [0.25, 0.3) is 0 Å². The van der Waals surface area contributed by atoms with E-state index in [0.717, 1.165) is 12.1 Å². The molecule has 0 saturated heterocycles. The van der Waals surface area contributed by atoms with E-state index in [2.05, 4.69) is 44.4 Å². The number of benzene rings is 2. The van der Waals surface area contributed by atoms with Gasteiger partial charge in [0.15, 0.2) is 5.16 Å². The Morgan fingerprint density at radius 1 is 1.30 bits per heavy atom. The first-order valence-corrected chi connectivity index (χ1v) is 10.2. The number of para-hydroxylation sites is 1. The van der Waals surface area contributed by atoms with Crippen LogP contribution in [0, 0.1) is 5.82 Å². The normalized spacial score (nSPS) is 10.8. The summed E-state index contributed by atoms with van der Waals surface area (Å²) in [6, 6.07) is 12.6. The van der Waals surface area contributed by atoms with E-state index in [0.29, 0.717) is 15.2 Å². The van der Waals surface area contributed by atoms with E-state index >= 15 is 0 Å². The zero-order valence-corrected chi connectivity index (χ0v) is 17.1. The van der Waals surface area contributed by atoms with Gasteiger partial charge in [-0.25, -0.2) is 4.39 Å². The second-order valence-electron chi connectivity index (χ2n) is 5.81. The fraction of sp³-hybridized carbons (Fsp3) is 0.211. The maximum Gasteiger partial charge on any atom is 0.230 e. The van der Waals surface area contributed by atoms with Crippen LogP contribution in [0.5, 0.6) is 0 Å². The molecule has 1 N–H and O–H groups in total. The topological polar surface area (TPSA) is 59.8 Å². The number of amides is 1. The Bertz CT molecular complexity index is 927. The van der Waals surface area contributed by atoms with Gasteiger partial charge in [0.2, 0.25) is 5.91 Å². The van der Waals surface area contributed by atoms with Gasteiger partial charge in [-0.1, -0.05) is 52.8 Å². The third kappa shape index (κ3) is 5.17. The highest BCUT2D eigenvalue weighted by atomic mass is 79.9. The molecule has 5 nitrogen and oxygen atoms in total. The predicted molar refractivity (Wildman–Crippen MR) is 107 cm³/mol. The van der Waals surface area contributed by atoms with Gasteiger partial charge >= 0.3 is 0 Å². The van der Waals surface area contributed by atoms with Crippen LogP contribution in [0.15, 0.2) is 58.4 Å². The van der Waals surface area contributed by atoms with E-state index in [1.807, 2.05) is 22.8 Å². The zero-order valence-electron chi connectivity index (χ0n) is 14.7. The van der Waals surface area contributed by atoms with Gasteiger partial charge < -0.3 is 5.32 Å². The van der Waals surface area contributed by atoms with Crippen molar-refractivity contribution in [1.29, 1.82) is 0 Å². The molecule has 1 heterocycles. The van der Waals surface area contributed by atoms with E-state index in [4.69, 9.17) is 0 Å². The number of rotatable bonds is 7. The van der Waals surface area contributed by atoms with Crippen LogP contribution in [0.2, 0.25) is 0 Å². The average molecular weight is 449 g/mol. The molecular formula is C19H18BrFN4OS. The van der Waals surface area contributed by atoms with Crippen molar-refractivity contribution in [2.45, 2.75) is 25.0 Å². The Hall–Kier alpha value is -2.19. The molecule has 0 atom stereocenters. The zero-order chi connectivity index (χ0) is 19.2. The Labute approximate surface area is 169 Å². The summed E-state index contributed by atoms with van der Waals surface area (Å²) in [7, 11) is 0. The summed E-state index contributed by atoms with van der Waals surface area (Å²) in [6.07, 6.45) is 2.54. The van der Waals surface area contributed by atoms with Gasteiger partial charge in [-0.3, -0.25) is 9.36 Å². The molecule has 1 aromatic heterocycles. The minimum Gasteiger partial charge on any atom is -0.351 e. The molecule has 140 valence electrons. The largest absolute Gasteiger partial charge is 0.351 e. The van der Waals surface area contributed by atoms with Crippen molar-refractivity contribution in [1.82, 2.24) is 20.1 Å². The van der Waals surface area contributed by atoms with Gasteiger partial charge in [0.05, 0.1) is 11.4 Å². The summed E-state index contributed by atoms with van der Waals surface area (Å²) in [6.45, 7) is 2.36. The summed E-state index contributed by atoms with van der Waals surface area (Å²) < 4.78 is 15.9. The highest BCUT2D eigenvalue weighted by Crippen LogP contribution is 2.22. The Morgan fingerprint density at radius 2 is 2.11 bits per heavy atom. The molecule has 0 aliphatic rings. The number of thioether (sulfide) groups is 1. The summed E-state index contributed by atoms with van der Waals surface area (Å²) >= 11 is 4.56. The average Bonchev–Trinajstić information content (AvgIpc) is 3.12. The first kappa shape index (κ1) is 19.6. The smallest absolute Gasteiger partial charge is 0.230 e. The van der Waals surface area contributed by atoms with Crippen molar-refractivity contribution < 1.29 is 9.18 Å². The molecule has 0 bridgehead atoms. The molecule has 0 spiro atoms. The van der Waals surface area contributed by atoms with Gasteiger partial charge in [-0.2, -0.15) is 0 Å². The van der Waals surface area contributed by atoms with E-state index in [1.165, 1.54) is 29.5 Å². The van der Waals surface area contributed by atoms with Crippen molar-refractivity contribution in [3.63, 3.8) is 0 Å². The molecule has 3 rings (SSSR count). The first-order chi connectivity index (χ1) is 13.1. The highest BCUT2D eigenvalue weighted by molar-refractivity contribution is 9.10. The number of hydrogen-bond acceptors (Lipinski definition) is 4. The molecule has 0 fully saturated rings. The fourth-order valence-corrected chi connectivity index (χ4v) is 3.89. The molecule has 2 aromatic carbocycles. The van der Waals surface area contributed by atoms with Crippen LogP contribution in [0.1, 0.15) is 18.1 Å². The van der Waals surface area contributed by atoms with Crippen LogP contribution in [-0.2, 0) is 17.8 Å². The molecule has 0 unspecified atom stereocenters. The molecular weight excluding hydrogens is 431 g/mol. The van der Waals surface area contributed by atoms with Gasteiger partial charge in [0, 0.05) is 11.0 Å². The van der Waals surface area contributed by atoms with Crippen molar-refractivity contribution >= 4 is 33.6 Å². The van der Waals surface area contributed by atoms with Crippen molar-refractivity contribution in [3.8, 4) is 5.69 Å². The summed E-state index contributed by atoms with van der Waals surface area (Å²) in [4.78, 5) is 12.2. The summed E-state index contributed by atoms with van der Waals surface area (Å²) in [5, 5.41) is 11.5. The Balaban J connectivity index is 1.61. The minimum absolute atomic E-state index is 0.154. The number of aryl methyl sites for hydroxylation is 1. The number of aromatic nitrogens is 3. The standard InChI is InChI=1S/C19H18BrFN4OS/c1-2-14-5-3-4-6-17(14)25-12-23-24-19(25)27-11-18(26)22-10-13-7-15(20)9-16(21)8-13/h3-9,12H,2,10-11H2,1H3,(H,22,26). The SMILES string of the molecule is CCc1ccccc1-n1cnnc1SCC(=O)NCc1cc(F)cc(Br)c1. The number of nitrogens with zero attached hydrogens (tertiary/aromatic N) is 3. The van der Waals surface area contributed by atoms with Crippen LogP contribution >= 0.6 is 27.7 Å². The van der Waals surface area contributed by atoms with Crippen LogP contribution < -0.4 is 5.32 Å². The van der Waals surface area contributed by atoms with E-state index < -0.39 is 0 Å².